The summed E-state index contributed by atoms with van der Waals surface area (Å²) in [6.45, 7) is 2.70. The molecule has 0 atom stereocenters. The van der Waals surface area contributed by atoms with Crippen molar-refractivity contribution >= 4 is 18.4 Å². The normalized spacial score (nSPS) is 15.7. The van der Waals surface area contributed by atoms with Gasteiger partial charge in [-0.2, -0.15) is 0 Å². The number of urea groups is 1. The van der Waals surface area contributed by atoms with E-state index in [0.717, 1.165) is 19.4 Å². The summed E-state index contributed by atoms with van der Waals surface area (Å²) in [6.07, 6.45) is 2.27. The Labute approximate surface area is 67.0 Å². The van der Waals surface area contributed by atoms with E-state index in [4.69, 9.17) is 5.73 Å². The highest BCUT2D eigenvalue weighted by molar-refractivity contribution is 5.85. The van der Waals surface area contributed by atoms with Crippen molar-refractivity contribution < 1.29 is 4.79 Å². The van der Waals surface area contributed by atoms with Gasteiger partial charge in [0.15, 0.2) is 0 Å². The summed E-state index contributed by atoms with van der Waals surface area (Å²) in [6, 6.07) is 0.187. The lowest BCUT2D eigenvalue weighted by Gasteiger charge is -2.16. The molecule has 1 aliphatic rings. The maximum Gasteiger partial charge on any atom is 0.315 e. The predicted molar refractivity (Wildman–Crippen MR) is 42.2 cm³/mol. The molecule has 0 heterocycles. The fourth-order valence-electron chi connectivity index (χ4n) is 0.980. The Morgan fingerprint density at radius 3 is 2.30 bits per heavy atom. The van der Waals surface area contributed by atoms with Gasteiger partial charge in [0.1, 0.15) is 0 Å². The minimum Gasteiger partial charge on any atom is -0.351 e. The maximum absolute atomic E-state index is 10.6. The molecule has 0 unspecified atom stereocenters. The zero-order valence-electron chi connectivity index (χ0n) is 6.04. The van der Waals surface area contributed by atoms with Crippen molar-refractivity contribution in [1.29, 1.82) is 0 Å². The lowest BCUT2D eigenvalue weighted by molar-refractivity contribution is 0.208. The van der Waals surface area contributed by atoms with Crippen LogP contribution in [0, 0.1) is 0 Å². The minimum atomic E-state index is -0.278. The summed E-state index contributed by atoms with van der Waals surface area (Å²) in [5.74, 6) is 0. The largest absolute Gasteiger partial charge is 0.351 e. The van der Waals surface area contributed by atoms with Crippen LogP contribution in [0.15, 0.2) is 0 Å². The number of hydrogen-bond donors (Lipinski definition) is 1. The molecule has 1 saturated carbocycles. The average molecular weight is 165 g/mol. The van der Waals surface area contributed by atoms with Gasteiger partial charge in [0.25, 0.3) is 0 Å². The van der Waals surface area contributed by atoms with Crippen LogP contribution >= 0.6 is 12.4 Å². The molecular weight excluding hydrogens is 152 g/mol. The molecule has 1 rings (SSSR count). The van der Waals surface area contributed by atoms with Crippen LogP contribution < -0.4 is 5.73 Å². The first-order chi connectivity index (χ1) is 4.25. The zero-order chi connectivity index (χ0) is 6.85. The van der Waals surface area contributed by atoms with Gasteiger partial charge < -0.3 is 10.6 Å². The first-order valence-corrected chi connectivity index (χ1v) is 3.31. The molecule has 3 nitrogen and oxygen atoms in total. The molecule has 0 bridgehead atoms. The van der Waals surface area contributed by atoms with Gasteiger partial charge in [-0.1, -0.05) is 0 Å². The Bertz CT molecular complexity index is 125. The second-order valence-corrected chi connectivity index (χ2v) is 2.36. The summed E-state index contributed by atoms with van der Waals surface area (Å²) in [5.41, 5.74) is 5.08. The lowest BCUT2D eigenvalue weighted by atomic mass is 10.5. The molecule has 0 spiro atoms. The number of amides is 2. The fourth-order valence-corrected chi connectivity index (χ4v) is 0.980. The third-order valence-corrected chi connectivity index (χ3v) is 1.61. The van der Waals surface area contributed by atoms with E-state index in [1.807, 2.05) is 6.92 Å². The van der Waals surface area contributed by atoms with E-state index < -0.39 is 0 Å². The van der Waals surface area contributed by atoms with E-state index in [0.29, 0.717) is 6.04 Å². The number of halogens is 1. The van der Waals surface area contributed by atoms with Gasteiger partial charge in [-0.3, -0.25) is 0 Å². The summed E-state index contributed by atoms with van der Waals surface area (Å²) in [4.78, 5) is 12.3. The fraction of sp³-hybridized carbons (Fsp3) is 0.833. The van der Waals surface area contributed by atoms with Crippen molar-refractivity contribution in [3.05, 3.63) is 0 Å². The molecular formula is C6H13ClN2O. The Morgan fingerprint density at radius 2 is 2.20 bits per heavy atom. The van der Waals surface area contributed by atoms with Crippen LogP contribution in [0.3, 0.4) is 0 Å². The summed E-state index contributed by atoms with van der Waals surface area (Å²) >= 11 is 0. The average Bonchev–Trinajstić information content (AvgIpc) is 2.50. The molecule has 0 aromatic heterocycles. The van der Waals surface area contributed by atoms with Crippen LogP contribution in [0.5, 0.6) is 0 Å². The molecule has 2 amide bonds. The summed E-state index contributed by atoms with van der Waals surface area (Å²) in [7, 11) is 0. The molecule has 10 heavy (non-hydrogen) atoms. The van der Waals surface area contributed by atoms with Crippen molar-refractivity contribution in [1.82, 2.24) is 4.90 Å². The number of hydrogen-bond acceptors (Lipinski definition) is 1. The smallest absolute Gasteiger partial charge is 0.315 e. The highest BCUT2D eigenvalue weighted by Crippen LogP contribution is 2.25. The number of primary amides is 1. The molecule has 60 valence electrons. The third-order valence-electron chi connectivity index (χ3n) is 1.61. The van der Waals surface area contributed by atoms with E-state index in [9.17, 15) is 4.79 Å². The Morgan fingerprint density at radius 1 is 1.70 bits per heavy atom. The molecule has 2 N–H and O–H groups in total. The second-order valence-electron chi connectivity index (χ2n) is 2.36. The SMILES string of the molecule is CCN(C(N)=O)C1CC1.Cl. The first-order valence-electron chi connectivity index (χ1n) is 3.31. The molecule has 0 aromatic rings. The van der Waals surface area contributed by atoms with Crippen molar-refractivity contribution in [2.24, 2.45) is 5.73 Å². The van der Waals surface area contributed by atoms with Crippen LogP contribution in [-0.2, 0) is 0 Å². The van der Waals surface area contributed by atoms with Crippen molar-refractivity contribution in [3.63, 3.8) is 0 Å². The Kier molecular flexibility index (Phi) is 3.50. The molecule has 0 aromatic carbocycles. The molecule has 0 aliphatic heterocycles. The zero-order valence-corrected chi connectivity index (χ0v) is 6.86. The lowest BCUT2D eigenvalue weighted by Crippen LogP contribution is -2.37. The van der Waals surface area contributed by atoms with Crippen molar-refractivity contribution in [2.75, 3.05) is 6.54 Å². The monoisotopic (exact) mass is 164 g/mol. The highest BCUT2D eigenvalue weighted by Gasteiger charge is 2.29. The van der Waals surface area contributed by atoms with Gasteiger partial charge in [-0.05, 0) is 19.8 Å². The van der Waals surface area contributed by atoms with Gasteiger partial charge >= 0.3 is 6.03 Å². The van der Waals surface area contributed by atoms with Crippen LogP contribution in [0.25, 0.3) is 0 Å². The number of nitrogens with two attached hydrogens (primary N) is 1. The van der Waals surface area contributed by atoms with Crippen molar-refractivity contribution in [2.45, 2.75) is 25.8 Å². The molecule has 0 radical (unpaired) electrons. The highest BCUT2D eigenvalue weighted by atomic mass is 35.5. The number of carbonyl (C=O) groups excluding carboxylic acids is 1. The van der Waals surface area contributed by atoms with E-state index in [1.54, 1.807) is 4.90 Å². The van der Waals surface area contributed by atoms with Crippen molar-refractivity contribution in [3.8, 4) is 0 Å². The van der Waals surface area contributed by atoms with Crippen LogP contribution in [0.1, 0.15) is 19.8 Å². The standard InChI is InChI=1S/C6H12N2O.ClH/c1-2-8(6(7)9)5-3-4-5;/h5H,2-4H2,1H3,(H2,7,9);1H. The van der Waals surface area contributed by atoms with Crippen LogP contribution in [-0.4, -0.2) is 23.5 Å². The molecule has 1 aliphatic carbocycles. The van der Waals surface area contributed by atoms with E-state index in [2.05, 4.69) is 0 Å². The number of nitrogens with zero attached hydrogens (tertiary/aromatic N) is 1. The van der Waals surface area contributed by atoms with Gasteiger partial charge in [0.2, 0.25) is 0 Å². The number of carbonyl (C=O) groups is 1. The van der Waals surface area contributed by atoms with Gasteiger partial charge in [0, 0.05) is 12.6 Å². The van der Waals surface area contributed by atoms with E-state index in [-0.39, 0.29) is 18.4 Å². The first kappa shape index (κ1) is 9.56. The summed E-state index contributed by atoms with van der Waals surface area (Å²) < 4.78 is 0. The summed E-state index contributed by atoms with van der Waals surface area (Å²) in [5, 5.41) is 0. The Balaban J connectivity index is 0.000000810. The quantitative estimate of drug-likeness (QED) is 0.650. The van der Waals surface area contributed by atoms with E-state index >= 15 is 0 Å². The second kappa shape index (κ2) is 3.66. The van der Waals surface area contributed by atoms with Gasteiger partial charge in [0.05, 0.1) is 0 Å². The van der Waals surface area contributed by atoms with Crippen LogP contribution in [0.4, 0.5) is 4.79 Å². The minimum absolute atomic E-state index is 0. The predicted octanol–water partition coefficient (Wildman–Crippen LogP) is 0.971. The number of rotatable bonds is 2. The topological polar surface area (TPSA) is 46.3 Å². The third kappa shape index (κ3) is 2.06. The van der Waals surface area contributed by atoms with Gasteiger partial charge in [-0.15, -0.1) is 12.4 Å². The van der Waals surface area contributed by atoms with Gasteiger partial charge in [-0.25, -0.2) is 4.79 Å². The van der Waals surface area contributed by atoms with E-state index in [1.165, 1.54) is 0 Å². The van der Waals surface area contributed by atoms with Crippen LogP contribution in [0.2, 0.25) is 0 Å². The molecule has 1 fully saturated rings. The maximum atomic E-state index is 10.6. The molecule has 4 heteroatoms. The Hall–Kier alpha value is -0.440. The molecule has 0 saturated heterocycles.